The third-order valence-electron chi connectivity index (χ3n) is 6.56. The highest BCUT2D eigenvalue weighted by molar-refractivity contribution is 6.04. The fraction of sp³-hybridized carbons (Fsp3) is 0.241. The monoisotopic (exact) mass is 500 g/mol. The molecular weight excluding hydrogens is 472 g/mol. The van der Waals surface area contributed by atoms with Crippen LogP contribution in [0.4, 0.5) is 0 Å². The van der Waals surface area contributed by atoms with E-state index in [4.69, 9.17) is 14.2 Å². The predicted molar refractivity (Wildman–Crippen MR) is 139 cm³/mol. The van der Waals surface area contributed by atoms with Gasteiger partial charge >= 0.3 is 5.97 Å². The Kier molecular flexibility index (Phi) is 6.58. The molecule has 0 amide bonds. The summed E-state index contributed by atoms with van der Waals surface area (Å²) in [6.45, 7) is 4.19. The van der Waals surface area contributed by atoms with Crippen LogP contribution in [-0.2, 0) is 11.2 Å². The van der Waals surface area contributed by atoms with Crippen molar-refractivity contribution in [3.8, 4) is 17.2 Å². The van der Waals surface area contributed by atoms with Gasteiger partial charge in [0, 0.05) is 28.2 Å². The van der Waals surface area contributed by atoms with E-state index in [0.717, 1.165) is 28.1 Å². The Morgan fingerprint density at radius 3 is 2.54 bits per heavy atom. The summed E-state index contributed by atoms with van der Waals surface area (Å²) in [7, 11) is 1.64. The normalized spacial score (nSPS) is 16.6. The van der Waals surface area contributed by atoms with E-state index in [1.807, 2.05) is 37.3 Å². The molecule has 1 aliphatic heterocycles. The zero-order chi connectivity index (χ0) is 26.1. The van der Waals surface area contributed by atoms with E-state index in [1.54, 1.807) is 48.1 Å². The number of methoxy groups -OCH3 is 1. The highest BCUT2D eigenvalue weighted by Crippen LogP contribution is 2.33. The van der Waals surface area contributed by atoms with E-state index in [9.17, 15) is 14.7 Å². The van der Waals surface area contributed by atoms with Gasteiger partial charge in [0.1, 0.15) is 23.9 Å². The van der Waals surface area contributed by atoms with Gasteiger partial charge in [-0.2, -0.15) is 0 Å². The lowest BCUT2D eigenvalue weighted by molar-refractivity contribution is -0.136. The summed E-state index contributed by atoms with van der Waals surface area (Å²) in [4.78, 5) is 24.6. The zero-order valence-corrected chi connectivity index (χ0v) is 20.9. The van der Waals surface area contributed by atoms with Gasteiger partial charge in [0.05, 0.1) is 19.0 Å². The number of aliphatic carboxylic acids is 1. The van der Waals surface area contributed by atoms with Crippen molar-refractivity contribution in [3.05, 3.63) is 89.1 Å². The summed E-state index contributed by atoms with van der Waals surface area (Å²) < 4.78 is 18.9. The standard InChI is InChI=1S/C29H28N2O6/c1-17-13-24-20(14-28(32)33)5-4-6-25(24)31(17)29(34)19-7-9-21(10-8-19)36-16-27-30-18(2)23-15-22(35-3)11-12-26(23)37-27/h4-13,15,18,27,30H,14,16H2,1-3H3,(H,32,33). The van der Waals surface area contributed by atoms with Crippen molar-refractivity contribution in [1.82, 2.24) is 9.88 Å². The highest BCUT2D eigenvalue weighted by Gasteiger charge is 2.25. The fourth-order valence-corrected chi connectivity index (χ4v) is 4.74. The van der Waals surface area contributed by atoms with Gasteiger partial charge in [0.2, 0.25) is 0 Å². The zero-order valence-electron chi connectivity index (χ0n) is 20.9. The Morgan fingerprint density at radius 1 is 1.05 bits per heavy atom. The van der Waals surface area contributed by atoms with Crippen LogP contribution in [0.1, 0.15) is 40.1 Å². The minimum atomic E-state index is -0.910. The summed E-state index contributed by atoms with van der Waals surface area (Å²) in [6.07, 6.45) is -0.426. The maximum Gasteiger partial charge on any atom is 0.307 e. The number of carboxylic acids is 1. The second-order valence-corrected chi connectivity index (χ2v) is 9.08. The van der Waals surface area contributed by atoms with Crippen LogP contribution in [0.25, 0.3) is 10.9 Å². The van der Waals surface area contributed by atoms with E-state index in [2.05, 4.69) is 12.2 Å². The lowest BCUT2D eigenvalue weighted by Gasteiger charge is -2.32. The number of nitrogens with one attached hydrogen (secondary N) is 1. The van der Waals surface area contributed by atoms with Crippen LogP contribution in [-0.4, -0.2) is 41.5 Å². The van der Waals surface area contributed by atoms with Crippen molar-refractivity contribution in [3.63, 3.8) is 0 Å². The van der Waals surface area contributed by atoms with Crippen LogP contribution in [0, 0.1) is 6.92 Å². The topological polar surface area (TPSA) is 99.0 Å². The molecule has 4 aromatic rings. The van der Waals surface area contributed by atoms with Crippen LogP contribution in [0.2, 0.25) is 0 Å². The molecule has 0 fully saturated rings. The molecule has 5 rings (SSSR count). The first-order chi connectivity index (χ1) is 17.8. The van der Waals surface area contributed by atoms with Gasteiger partial charge in [0.25, 0.3) is 5.91 Å². The number of carbonyl (C=O) groups is 2. The molecule has 2 heterocycles. The van der Waals surface area contributed by atoms with Crippen molar-refractivity contribution in [2.75, 3.05) is 13.7 Å². The Bertz CT molecular complexity index is 1470. The number of carboxylic acid groups (broad SMARTS) is 1. The van der Waals surface area contributed by atoms with E-state index in [-0.39, 0.29) is 31.2 Å². The molecule has 1 aromatic heterocycles. The van der Waals surface area contributed by atoms with Gasteiger partial charge < -0.3 is 19.3 Å². The van der Waals surface area contributed by atoms with Crippen LogP contribution >= 0.6 is 0 Å². The number of rotatable bonds is 7. The first-order valence-electron chi connectivity index (χ1n) is 12.0. The molecular formula is C29H28N2O6. The molecule has 2 unspecified atom stereocenters. The number of carbonyl (C=O) groups excluding carboxylic acids is 1. The summed E-state index contributed by atoms with van der Waals surface area (Å²) in [5.41, 5.74) is 3.64. The van der Waals surface area contributed by atoms with Crippen LogP contribution < -0.4 is 19.5 Å². The lowest BCUT2D eigenvalue weighted by atomic mass is 10.1. The molecule has 37 heavy (non-hydrogen) atoms. The van der Waals surface area contributed by atoms with Gasteiger partial charge in [-0.25, -0.2) is 0 Å². The molecule has 3 aromatic carbocycles. The molecule has 0 radical (unpaired) electrons. The average molecular weight is 501 g/mol. The third kappa shape index (κ3) is 4.88. The summed E-state index contributed by atoms with van der Waals surface area (Å²) in [5.74, 6) is 1.09. The SMILES string of the molecule is COc1ccc2c(c1)C(C)NC(COc1ccc(C(=O)n3c(C)cc4c(CC(=O)O)cccc43)cc1)O2. The van der Waals surface area contributed by atoms with Crippen molar-refractivity contribution in [2.24, 2.45) is 0 Å². The molecule has 0 saturated carbocycles. The van der Waals surface area contributed by atoms with Crippen molar-refractivity contribution >= 4 is 22.8 Å². The van der Waals surface area contributed by atoms with Gasteiger partial charge in [0.15, 0.2) is 6.23 Å². The largest absolute Gasteiger partial charge is 0.497 e. The Labute approximate surface area is 214 Å². The molecule has 0 bridgehead atoms. The number of nitrogens with zero attached hydrogens (tertiary/aromatic N) is 1. The minimum absolute atomic E-state index is 0.0723. The fourth-order valence-electron chi connectivity index (χ4n) is 4.74. The molecule has 8 nitrogen and oxygen atoms in total. The van der Waals surface area contributed by atoms with Crippen molar-refractivity contribution in [1.29, 1.82) is 0 Å². The highest BCUT2D eigenvalue weighted by atomic mass is 16.5. The van der Waals surface area contributed by atoms with Crippen LogP contribution in [0.3, 0.4) is 0 Å². The third-order valence-corrected chi connectivity index (χ3v) is 6.56. The smallest absolute Gasteiger partial charge is 0.307 e. The van der Waals surface area contributed by atoms with Gasteiger partial charge in [-0.15, -0.1) is 0 Å². The molecule has 0 saturated heterocycles. The van der Waals surface area contributed by atoms with Crippen LogP contribution in [0.5, 0.6) is 17.2 Å². The summed E-state index contributed by atoms with van der Waals surface area (Å²) in [6, 6.07) is 20.0. The lowest BCUT2D eigenvalue weighted by Crippen LogP contribution is -2.44. The number of ether oxygens (including phenoxy) is 3. The van der Waals surface area contributed by atoms with Crippen LogP contribution in [0.15, 0.2) is 66.7 Å². The van der Waals surface area contributed by atoms with E-state index >= 15 is 0 Å². The van der Waals surface area contributed by atoms with Gasteiger partial charge in [-0.3, -0.25) is 19.5 Å². The number of aromatic nitrogens is 1. The first kappa shape index (κ1) is 24.4. The van der Waals surface area contributed by atoms with Gasteiger partial charge in [-0.1, -0.05) is 12.1 Å². The predicted octanol–water partition coefficient (Wildman–Crippen LogP) is 4.72. The maximum absolute atomic E-state index is 13.4. The molecule has 0 spiro atoms. The molecule has 8 heteroatoms. The molecule has 190 valence electrons. The average Bonchev–Trinajstić information content (AvgIpc) is 3.23. The second kappa shape index (κ2) is 9.99. The number of hydrogen-bond donors (Lipinski definition) is 2. The van der Waals surface area contributed by atoms with Crippen molar-refractivity contribution < 1.29 is 28.9 Å². The van der Waals surface area contributed by atoms with E-state index < -0.39 is 5.97 Å². The molecule has 1 aliphatic rings. The first-order valence-corrected chi connectivity index (χ1v) is 12.0. The van der Waals surface area contributed by atoms with E-state index in [1.165, 1.54) is 0 Å². The Hall–Kier alpha value is -4.30. The Balaban J connectivity index is 1.28. The molecule has 2 N–H and O–H groups in total. The Morgan fingerprint density at radius 2 is 1.81 bits per heavy atom. The second-order valence-electron chi connectivity index (χ2n) is 9.08. The molecule has 2 atom stereocenters. The van der Waals surface area contributed by atoms with Gasteiger partial charge in [-0.05, 0) is 74.0 Å². The number of fused-ring (bicyclic) bond motifs is 2. The van der Waals surface area contributed by atoms with Crippen molar-refractivity contribution in [2.45, 2.75) is 32.5 Å². The number of benzene rings is 3. The molecule has 0 aliphatic carbocycles. The minimum Gasteiger partial charge on any atom is -0.497 e. The van der Waals surface area contributed by atoms with E-state index in [0.29, 0.717) is 22.4 Å². The number of hydrogen-bond acceptors (Lipinski definition) is 6. The maximum atomic E-state index is 13.4. The number of aryl methyl sites for hydroxylation is 1. The summed E-state index contributed by atoms with van der Waals surface area (Å²) >= 11 is 0. The quantitative estimate of drug-likeness (QED) is 0.379. The summed E-state index contributed by atoms with van der Waals surface area (Å²) in [5, 5.41) is 13.4.